The quantitative estimate of drug-likeness (QED) is 0.764. The van der Waals surface area contributed by atoms with E-state index < -0.39 is 10.0 Å². The molecule has 7 nitrogen and oxygen atoms in total. The van der Waals surface area contributed by atoms with Crippen LogP contribution >= 0.6 is 0 Å². The third kappa shape index (κ3) is 2.48. The van der Waals surface area contributed by atoms with Crippen molar-refractivity contribution < 1.29 is 8.42 Å². The Bertz CT molecular complexity index is 558. The molecule has 112 valence electrons. The Labute approximate surface area is 119 Å². The SMILES string of the molecule is CCc1ncc(S(=O)(=O)N2CCN(C3CNC3)CC2)[nH]1. The van der Waals surface area contributed by atoms with Crippen molar-refractivity contribution >= 4 is 10.0 Å². The molecule has 2 aliphatic rings. The average molecular weight is 299 g/mol. The molecular weight excluding hydrogens is 278 g/mol. The standard InChI is InChI=1S/C12H21N5O2S/c1-2-11-14-9-12(15-11)20(18,19)17-5-3-16(4-6-17)10-7-13-8-10/h9-10,13H,2-8H2,1H3,(H,14,15). The van der Waals surface area contributed by atoms with Crippen molar-refractivity contribution in [3.63, 3.8) is 0 Å². The largest absolute Gasteiger partial charge is 0.332 e. The number of hydrogen-bond acceptors (Lipinski definition) is 5. The predicted octanol–water partition coefficient (Wildman–Crippen LogP) is -0.750. The summed E-state index contributed by atoms with van der Waals surface area (Å²) in [7, 11) is -3.42. The van der Waals surface area contributed by atoms with Gasteiger partial charge in [-0.25, -0.2) is 13.4 Å². The molecule has 0 atom stereocenters. The summed E-state index contributed by atoms with van der Waals surface area (Å²) in [6.07, 6.45) is 2.13. The first kappa shape index (κ1) is 14.0. The summed E-state index contributed by atoms with van der Waals surface area (Å²) in [6.45, 7) is 6.71. The van der Waals surface area contributed by atoms with Crippen LogP contribution in [0.25, 0.3) is 0 Å². The highest BCUT2D eigenvalue weighted by molar-refractivity contribution is 7.89. The molecule has 0 spiro atoms. The van der Waals surface area contributed by atoms with Crippen LogP contribution in [-0.4, -0.2) is 72.9 Å². The summed E-state index contributed by atoms with van der Waals surface area (Å²) < 4.78 is 26.6. The van der Waals surface area contributed by atoms with Crippen LogP contribution in [0.15, 0.2) is 11.2 Å². The molecule has 8 heteroatoms. The lowest BCUT2D eigenvalue weighted by Gasteiger charge is -2.42. The third-order valence-electron chi connectivity index (χ3n) is 4.11. The fourth-order valence-electron chi connectivity index (χ4n) is 2.63. The van der Waals surface area contributed by atoms with Gasteiger partial charge in [0.1, 0.15) is 5.82 Å². The van der Waals surface area contributed by atoms with Gasteiger partial charge in [-0.1, -0.05) is 6.92 Å². The number of rotatable bonds is 4. The second-order valence-corrected chi connectivity index (χ2v) is 7.21. The van der Waals surface area contributed by atoms with Crippen LogP contribution in [0, 0.1) is 0 Å². The highest BCUT2D eigenvalue weighted by Gasteiger charge is 2.33. The van der Waals surface area contributed by atoms with Crippen molar-refractivity contribution in [1.29, 1.82) is 0 Å². The molecule has 0 aliphatic carbocycles. The van der Waals surface area contributed by atoms with Crippen molar-refractivity contribution in [2.45, 2.75) is 24.4 Å². The number of hydrogen-bond donors (Lipinski definition) is 2. The number of piperazine rings is 1. The second kappa shape index (κ2) is 5.44. The average Bonchev–Trinajstić information content (AvgIpc) is 2.87. The molecular formula is C12H21N5O2S. The lowest BCUT2D eigenvalue weighted by molar-refractivity contribution is 0.103. The molecule has 2 saturated heterocycles. The summed E-state index contributed by atoms with van der Waals surface area (Å²) in [6, 6.07) is 0.582. The first-order chi connectivity index (χ1) is 9.61. The van der Waals surface area contributed by atoms with Gasteiger partial charge in [-0.15, -0.1) is 0 Å². The number of aromatic nitrogens is 2. The molecule has 0 radical (unpaired) electrons. The zero-order chi connectivity index (χ0) is 14.2. The lowest BCUT2D eigenvalue weighted by atomic mass is 10.1. The maximum absolute atomic E-state index is 12.5. The number of imidazole rings is 1. The number of aromatic amines is 1. The Hall–Kier alpha value is -0.960. The van der Waals surface area contributed by atoms with Crippen molar-refractivity contribution in [2.75, 3.05) is 39.3 Å². The number of nitrogens with one attached hydrogen (secondary N) is 2. The maximum Gasteiger partial charge on any atom is 0.260 e. The normalized spacial score (nSPS) is 22.9. The highest BCUT2D eigenvalue weighted by Crippen LogP contribution is 2.17. The van der Waals surface area contributed by atoms with E-state index in [1.54, 1.807) is 4.31 Å². The molecule has 2 aliphatic heterocycles. The van der Waals surface area contributed by atoms with E-state index in [1.807, 2.05) is 6.92 Å². The van der Waals surface area contributed by atoms with Crippen molar-refractivity contribution in [3.8, 4) is 0 Å². The Kier molecular flexibility index (Phi) is 3.80. The van der Waals surface area contributed by atoms with Crippen LogP contribution in [0.4, 0.5) is 0 Å². The smallest absolute Gasteiger partial charge is 0.260 e. The first-order valence-corrected chi connectivity index (χ1v) is 8.54. The molecule has 0 aromatic carbocycles. The van der Waals surface area contributed by atoms with Crippen molar-refractivity contribution in [3.05, 3.63) is 12.0 Å². The summed E-state index contributed by atoms with van der Waals surface area (Å²) in [5, 5.41) is 3.46. The topological polar surface area (TPSA) is 81.3 Å². The Balaban J connectivity index is 1.66. The summed E-state index contributed by atoms with van der Waals surface area (Å²) >= 11 is 0. The Morgan fingerprint density at radius 3 is 2.50 bits per heavy atom. The number of aryl methyl sites for hydroxylation is 1. The maximum atomic E-state index is 12.5. The van der Waals surface area contributed by atoms with E-state index in [4.69, 9.17) is 0 Å². The van der Waals surface area contributed by atoms with Crippen molar-refractivity contribution in [2.24, 2.45) is 0 Å². The molecule has 20 heavy (non-hydrogen) atoms. The van der Waals surface area contributed by atoms with Gasteiger partial charge in [0.05, 0.1) is 6.20 Å². The second-order valence-electron chi connectivity index (χ2n) is 5.30. The van der Waals surface area contributed by atoms with Gasteiger partial charge in [-0.05, 0) is 0 Å². The van der Waals surface area contributed by atoms with Crippen LogP contribution in [0.3, 0.4) is 0 Å². The van der Waals surface area contributed by atoms with E-state index in [0.717, 1.165) is 26.2 Å². The lowest BCUT2D eigenvalue weighted by Crippen LogP contribution is -2.62. The van der Waals surface area contributed by atoms with Gasteiger partial charge < -0.3 is 10.3 Å². The van der Waals surface area contributed by atoms with Crippen LogP contribution < -0.4 is 5.32 Å². The molecule has 0 bridgehead atoms. The highest BCUT2D eigenvalue weighted by atomic mass is 32.2. The van der Waals surface area contributed by atoms with Crippen molar-refractivity contribution in [1.82, 2.24) is 24.5 Å². The molecule has 1 aromatic heterocycles. The van der Waals surface area contributed by atoms with Crippen LogP contribution in [-0.2, 0) is 16.4 Å². The molecule has 0 saturated carbocycles. The molecule has 3 rings (SSSR count). The summed E-state index contributed by atoms with van der Waals surface area (Å²) in [4.78, 5) is 9.34. The Morgan fingerprint density at radius 2 is 2.00 bits per heavy atom. The van der Waals surface area contributed by atoms with E-state index in [1.165, 1.54) is 6.20 Å². The zero-order valence-corrected chi connectivity index (χ0v) is 12.5. The minimum absolute atomic E-state index is 0.216. The number of nitrogens with zero attached hydrogens (tertiary/aromatic N) is 3. The van der Waals surface area contributed by atoms with Crippen LogP contribution in [0.1, 0.15) is 12.7 Å². The van der Waals surface area contributed by atoms with E-state index in [9.17, 15) is 8.42 Å². The van der Waals surface area contributed by atoms with Gasteiger partial charge in [0.25, 0.3) is 10.0 Å². The fraction of sp³-hybridized carbons (Fsp3) is 0.750. The minimum atomic E-state index is -3.42. The predicted molar refractivity (Wildman–Crippen MR) is 75.0 cm³/mol. The monoisotopic (exact) mass is 299 g/mol. The molecule has 3 heterocycles. The first-order valence-electron chi connectivity index (χ1n) is 7.10. The summed E-state index contributed by atoms with van der Waals surface area (Å²) in [5.41, 5.74) is 0. The summed E-state index contributed by atoms with van der Waals surface area (Å²) in [5.74, 6) is 0.711. The molecule has 1 aromatic rings. The molecule has 2 fully saturated rings. The van der Waals surface area contributed by atoms with Gasteiger partial charge in [-0.3, -0.25) is 4.90 Å². The van der Waals surface area contributed by atoms with Gasteiger partial charge >= 0.3 is 0 Å². The molecule has 0 unspecified atom stereocenters. The van der Waals surface area contributed by atoms with Gasteiger partial charge in [0.2, 0.25) is 0 Å². The van der Waals surface area contributed by atoms with Gasteiger partial charge in [0, 0.05) is 51.7 Å². The fourth-order valence-corrected chi connectivity index (χ4v) is 3.99. The number of H-pyrrole nitrogens is 1. The van der Waals surface area contributed by atoms with E-state index in [-0.39, 0.29) is 5.03 Å². The minimum Gasteiger partial charge on any atom is -0.332 e. The molecule has 0 amide bonds. The zero-order valence-electron chi connectivity index (χ0n) is 11.7. The number of sulfonamides is 1. The van der Waals surface area contributed by atoms with Crippen LogP contribution in [0.2, 0.25) is 0 Å². The third-order valence-corrected chi connectivity index (χ3v) is 5.92. The van der Waals surface area contributed by atoms with Gasteiger partial charge in [0.15, 0.2) is 5.03 Å². The molecule has 2 N–H and O–H groups in total. The van der Waals surface area contributed by atoms with Crippen LogP contribution in [0.5, 0.6) is 0 Å². The van der Waals surface area contributed by atoms with E-state index in [2.05, 4.69) is 20.2 Å². The Morgan fingerprint density at radius 1 is 1.30 bits per heavy atom. The van der Waals surface area contributed by atoms with E-state index in [0.29, 0.717) is 31.4 Å². The van der Waals surface area contributed by atoms with E-state index >= 15 is 0 Å². The van der Waals surface area contributed by atoms with Gasteiger partial charge in [-0.2, -0.15) is 4.31 Å².